The van der Waals surface area contributed by atoms with Gasteiger partial charge in [0.1, 0.15) is 0 Å². The van der Waals surface area contributed by atoms with Gasteiger partial charge >= 0.3 is 0 Å². The summed E-state index contributed by atoms with van der Waals surface area (Å²) >= 11 is 0. The summed E-state index contributed by atoms with van der Waals surface area (Å²) in [6, 6.07) is 7.64. The van der Waals surface area contributed by atoms with Gasteiger partial charge in [0.15, 0.2) is 0 Å². The molecule has 1 atom stereocenters. The van der Waals surface area contributed by atoms with Crippen LogP contribution in [0.5, 0.6) is 0 Å². The minimum atomic E-state index is -0.192. The van der Waals surface area contributed by atoms with E-state index in [1.165, 1.54) is 5.56 Å². The maximum atomic E-state index is 11.8. The number of nitrogens with two attached hydrogens (primary N) is 1. The van der Waals surface area contributed by atoms with Crippen molar-refractivity contribution < 1.29 is 9.63 Å². The maximum absolute atomic E-state index is 11.8. The first-order valence-electron chi connectivity index (χ1n) is 6.09. The second kappa shape index (κ2) is 5.98. The standard InChI is InChI=1S/C14H22N2O2/c1-10(18-15)9-16-13(17)11-5-7-12(8-6-11)14(2,3)4/h5-8,10H,9,15H2,1-4H3,(H,16,17). The molecule has 0 heterocycles. The van der Waals surface area contributed by atoms with Gasteiger partial charge in [-0.1, -0.05) is 32.9 Å². The molecular weight excluding hydrogens is 228 g/mol. The van der Waals surface area contributed by atoms with E-state index in [2.05, 4.69) is 30.9 Å². The minimum Gasteiger partial charge on any atom is -0.349 e. The predicted molar refractivity (Wildman–Crippen MR) is 72.2 cm³/mol. The number of nitrogens with one attached hydrogen (secondary N) is 1. The molecule has 0 saturated heterocycles. The Labute approximate surface area is 108 Å². The fraction of sp³-hybridized carbons (Fsp3) is 0.500. The fourth-order valence-electron chi connectivity index (χ4n) is 1.51. The van der Waals surface area contributed by atoms with E-state index < -0.39 is 0 Å². The number of carbonyl (C=O) groups excluding carboxylic acids is 1. The molecule has 0 spiro atoms. The average molecular weight is 250 g/mol. The van der Waals surface area contributed by atoms with Crippen LogP contribution in [0.4, 0.5) is 0 Å². The lowest BCUT2D eigenvalue weighted by atomic mass is 9.87. The lowest BCUT2D eigenvalue weighted by molar-refractivity contribution is 0.0622. The zero-order chi connectivity index (χ0) is 13.8. The summed E-state index contributed by atoms with van der Waals surface area (Å²) in [7, 11) is 0. The molecule has 4 heteroatoms. The van der Waals surface area contributed by atoms with E-state index in [1.807, 2.05) is 24.3 Å². The lowest BCUT2D eigenvalue weighted by Crippen LogP contribution is -2.33. The predicted octanol–water partition coefficient (Wildman–Crippen LogP) is 1.99. The zero-order valence-corrected chi connectivity index (χ0v) is 11.5. The van der Waals surface area contributed by atoms with E-state index in [4.69, 9.17) is 5.90 Å². The summed E-state index contributed by atoms with van der Waals surface area (Å²) in [4.78, 5) is 16.4. The number of amides is 1. The summed E-state index contributed by atoms with van der Waals surface area (Å²) in [5.74, 6) is 4.90. The van der Waals surface area contributed by atoms with Crippen LogP contribution in [0.1, 0.15) is 43.6 Å². The van der Waals surface area contributed by atoms with Crippen LogP contribution >= 0.6 is 0 Å². The summed E-state index contributed by atoms with van der Waals surface area (Å²) < 4.78 is 0. The fourth-order valence-corrected chi connectivity index (χ4v) is 1.51. The largest absolute Gasteiger partial charge is 0.349 e. The number of hydrogen-bond donors (Lipinski definition) is 2. The van der Waals surface area contributed by atoms with Crippen molar-refractivity contribution in [3.8, 4) is 0 Å². The van der Waals surface area contributed by atoms with Crippen LogP contribution < -0.4 is 11.2 Å². The van der Waals surface area contributed by atoms with E-state index in [-0.39, 0.29) is 17.4 Å². The van der Waals surface area contributed by atoms with Gasteiger partial charge in [-0.05, 0) is 30.0 Å². The number of carbonyl (C=O) groups is 1. The Bertz CT molecular complexity index is 393. The molecule has 0 aromatic heterocycles. The topological polar surface area (TPSA) is 64.3 Å². The SMILES string of the molecule is CC(CNC(=O)c1ccc(C(C)(C)C)cc1)ON. The average Bonchev–Trinajstić information content (AvgIpc) is 2.34. The van der Waals surface area contributed by atoms with Crippen LogP contribution in [0.15, 0.2) is 24.3 Å². The Balaban J connectivity index is 2.65. The highest BCUT2D eigenvalue weighted by molar-refractivity contribution is 5.94. The molecule has 0 fully saturated rings. The van der Waals surface area contributed by atoms with E-state index in [1.54, 1.807) is 6.92 Å². The molecule has 1 rings (SSSR count). The Kier molecular flexibility index (Phi) is 4.87. The quantitative estimate of drug-likeness (QED) is 0.803. The van der Waals surface area contributed by atoms with Crippen molar-refractivity contribution in [2.75, 3.05) is 6.54 Å². The van der Waals surface area contributed by atoms with Crippen molar-refractivity contribution in [3.05, 3.63) is 35.4 Å². The lowest BCUT2D eigenvalue weighted by Gasteiger charge is -2.19. The molecule has 1 amide bonds. The molecule has 1 aromatic carbocycles. The van der Waals surface area contributed by atoms with Crippen molar-refractivity contribution in [2.45, 2.75) is 39.2 Å². The van der Waals surface area contributed by atoms with E-state index in [9.17, 15) is 4.79 Å². The highest BCUT2D eigenvalue weighted by atomic mass is 16.6. The molecule has 18 heavy (non-hydrogen) atoms. The number of hydrogen-bond acceptors (Lipinski definition) is 3. The van der Waals surface area contributed by atoms with Crippen LogP contribution in [0.25, 0.3) is 0 Å². The van der Waals surface area contributed by atoms with Crippen molar-refractivity contribution >= 4 is 5.91 Å². The van der Waals surface area contributed by atoms with Gasteiger partial charge in [0.05, 0.1) is 6.10 Å². The molecule has 3 N–H and O–H groups in total. The summed E-state index contributed by atoms with van der Waals surface area (Å²) in [6.45, 7) is 8.62. The van der Waals surface area contributed by atoms with Crippen LogP contribution in [0, 0.1) is 0 Å². The van der Waals surface area contributed by atoms with Gasteiger partial charge in [-0.3, -0.25) is 9.63 Å². The molecule has 4 nitrogen and oxygen atoms in total. The normalized spacial score (nSPS) is 13.2. The molecule has 100 valence electrons. The Morgan fingerprint density at radius 1 is 1.33 bits per heavy atom. The Morgan fingerprint density at radius 3 is 2.33 bits per heavy atom. The Morgan fingerprint density at radius 2 is 1.89 bits per heavy atom. The monoisotopic (exact) mass is 250 g/mol. The summed E-state index contributed by atoms with van der Waals surface area (Å²) in [6.07, 6.45) is -0.192. The highest BCUT2D eigenvalue weighted by Gasteiger charge is 2.14. The number of rotatable bonds is 4. The molecule has 0 saturated carbocycles. The first-order valence-corrected chi connectivity index (χ1v) is 6.09. The molecule has 0 aliphatic carbocycles. The van der Waals surface area contributed by atoms with Crippen LogP contribution in [-0.2, 0) is 10.3 Å². The van der Waals surface area contributed by atoms with Gasteiger partial charge in [0.25, 0.3) is 5.91 Å². The van der Waals surface area contributed by atoms with Crippen LogP contribution in [-0.4, -0.2) is 18.6 Å². The van der Waals surface area contributed by atoms with Crippen molar-refractivity contribution in [1.29, 1.82) is 0 Å². The second-order valence-corrected chi connectivity index (χ2v) is 5.48. The smallest absolute Gasteiger partial charge is 0.251 e. The molecule has 0 aliphatic rings. The molecule has 0 bridgehead atoms. The zero-order valence-electron chi connectivity index (χ0n) is 11.5. The molecular formula is C14H22N2O2. The highest BCUT2D eigenvalue weighted by Crippen LogP contribution is 2.22. The van der Waals surface area contributed by atoms with Crippen molar-refractivity contribution in [3.63, 3.8) is 0 Å². The molecule has 0 aliphatic heterocycles. The van der Waals surface area contributed by atoms with Crippen LogP contribution in [0.2, 0.25) is 0 Å². The molecule has 0 radical (unpaired) electrons. The third-order valence-electron chi connectivity index (χ3n) is 2.80. The van der Waals surface area contributed by atoms with E-state index >= 15 is 0 Å². The van der Waals surface area contributed by atoms with Crippen molar-refractivity contribution in [1.82, 2.24) is 5.32 Å². The maximum Gasteiger partial charge on any atom is 0.251 e. The van der Waals surface area contributed by atoms with Gasteiger partial charge in [-0.2, -0.15) is 0 Å². The van der Waals surface area contributed by atoms with Crippen molar-refractivity contribution in [2.24, 2.45) is 5.90 Å². The van der Waals surface area contributed by atoms with Gasteiger partial charge < -0.3 is 5.32 Å². The molecule has 1 aromatic rings. The first kappa shape index (κ1) is 14.7. The Hall–Kier alpha value is -1.39. The number of benzene rings is 1. The summed E-state index contributed by atoms with van der Waals surface area (Å²) in [5.41, 5.74) is 1.95. The van der Waals surface area contributed by atoms with Gasteiger partial charge in [-0.15, -0.1) is 0 Å². The first-order chi connectivity index (χ1) is 8.34. The van der Waals surface area contributed by atoms with E-state index in [0.717, 1.165) is 0 Å². The van der Waals surface area contributed by atoms with Gasteiger partial charge in [-0.25, -0.2) is 5.90 Å². The molecule has 1 unspecified atom stereocenters. The minimum absolute atomic E-state index is 0.0942. The van der Waals surface area contributed by atoms with E-state index in [0.29, 0.717) is 12.1 Å². The van der Waals surface area contributed by atoms with Gasteiger partial charge in [0, 0.05) is 12.1 Å². The second-order valence-electron chi connectivity index (χ2n) is 5.48. The van der Waals surface area contributed by atoms with Gasteiger partial charge in [0.2, 0.25) is 0 Å². The van der Waals surface area contributed by atoms with Crippen LogP contribution in [0.3, 0.4) is 0 Å². The third-order valence-corrected chi connectivity index (χ3v) is 2.80. The summed E-state index contributed by atoms with van der Waals surface area (Å²) in [5, 5.41) is 2.76. The third kappa shape index (κ3) is 4.13.